The summed E-state index contributed by atoms with van der Waals surface area (Å²) in [6.45, 7) is 11.8. The zero-order valence-electron chi connectivity index (χ0n) is 14.8. The Kier molecular flexibility index (Phi) is 6.38. The van der Waals surface area contributed by atoms with E-state index in [4.69, 9.17) is 9.47 Å². The van der Waals surface area contributed by atoms with Crippen LogP contribution in [0.2, 0.25) is 0 Å². The number of carbonyl (C=O) groups excluding carboxylic acids is 2. The maximum atomic E-state index is 11.5. The summed E-state index contributed by atoms with van der Waals surface area (Å²) < 4.78 is 9.56. The number of nitrogens with zero attached hydrogens (tertiary/aromatic N) is 2. The second-order valence-electron chi connectivity index (χ2n) is 7.10. The maximum Gasteiger partial charge on any atom is 0.307 e. The monoisotopic (exact) mass is 314 g/mol. The van der Waals surface area contributed by atoms with Crippen molar-refractivity contribution >= 4 is 11.9 Å². The summed E-state index contributed by atoms with van der Waals surface area (Å²) >= 11 is 0. The molecule has 1 rings (SSSR count). The minimum Gasteiger partial charge on any atom is -0.469 e. The molecule has 0 aromatic rings. The lowest BCUT2D eigenvalue weighted by atomic mass is 9.94. The highest BCUT2D eigenvalue weighted by Gasteiger charge is 2.37. The molecule has 0 radical (unpaired) electrons. The van der Waals surface area contributed by atoms with Crippen LogP contribution >= 0.6 is 0 Å². The first-order valence-electron chi connectivity index (χ1n) is 7.76. The highest BCUT2D eigenvalue weighted by Crippen LogP contribution is 2.26. The molecule has 0 amide bonds. The number of rotatable bonds is 6. The van der Waals surface area contributed by atoms with Crippen LogP contribution in [-0.2, 0) is 19.1 Å². The van der Waals surface area contributed by atoms with Crippen molar-refractivity contribution in [3.63, 3.8) is 0 Å². The van der Waals surface area contributed by atoms with Gasteiger partial charge in [-0.1, -0.05) is 0 Å². The molecule has 1 aliphatic heterocycles. The van der Waals surface area contributed by atoms with Crippen molar-refractivity contribution in [3.05, 3.63) is 0 Å². The molecule has 6 heteroatoms. The lowest BCUT2D eigenvalue weighted by molar-refractivity contribution is -0.146. The van der Waals surface area contributed by atoms with Crippen molar-refractivity contribution in [2.45, 2.75) is 51.6 Å². The van der Waals surface area contributed by atoms with E-state index in [9.17, 15) is 9.59 Å². The van der Waals surface area contributed by atoms with E-state index >= 15 is 0 Å². The number of esters is 2. The fraction of sp³-hybridized carbons (Fsp3) is 0.875. The molecule has 0 spiro atoms. The number of hydrogen-bond donors (Lipinski definition) is 0. The standard InChI is InChI=1S/C16H30N2O4/c1-15(2,11-13(19)21-5)17-7-9-18(10-8-17)16(3,4)12-14(20)22-6/h7-12H2,1-6H3. The smallest absolute Gasteiger partial charge is 0.307 e. The summed E-state index contributed by atoms with van der Waals surface area (Å²) in [4.78, 5) is 27.7. The van der Waals surface area contributed by atoms with Gasteiger partial charge in [-0.15, -0.1) is 0 Å². The van der Waals surface area contributed by atoms with Gasteiger partial charge < -0.3 is 9.47 Å². The van der Waals surface area contributed by atoms with Gasteiger partial charge in [-0.25, -0.2) is 0 Å². The normalized spacial score (nSPS) is 18.1. The third kappa shape index (κ3) is 4.95. The zero-order chi connectivity index (χ0) is 17.0. The summed E-state index contributed by atoms with van der Waals surface area (Å²) in [5, 5.41) is 0. The van der Waals surface area contributed by atoms with Crippen LogP contribution in [0.1, 0.15) is 40.5 Å². The molecule has 0 saturated carbocycles. The summed E-state index contributed by atoms with van der Waals surface area (Å²) in [5.74, 6) is -0.364. The molecule has 0 unspecified atom stereocenters. The summed E-state index contributed by atoms with van der Waals surface area (Å²) in [5.41, 5.74) is -0.433. The number of hydrogen-bond acceptors (Lipinski definition) is 6. The third-order valence-corrected chi connectivity index (χ3v) is 4.60. The fourth-order valence-electron chi connectivity index (χ4n) is 2.99. The molecule has 0 bridgehead atoms. The van der Waals surface area contributed by atoms with Crippen LogP contribution in [0.3, 0.4) is 0 Å². The molecule has 1 saturated heterocycles. The van der Waals surface area contributed by atoms with Gasteiger partial charge in [-0.05, 0) is 27.7 Å². The van der Waals surface area contributed by atoms with Gasteiger partial charge >= 0.3 is 11.9 Å². The molecule has 1 aliphatic rings. The van der Waals surface area contributed by atoms with E-state index in [-0.39, 0.29) is 23.0 Å². The van der Waals surface area contributed by atoms with E-state index in [2.05, 4.69) is 37.5 Å². The average Bonchev–Trinajstić information content (AvgIpc) is 2.46. The number of ether oxygens (including phenoxy) is 2. The van der Waals surface area contributed by atoms with Gasteiger partial charge in [0.15, 0.2) is 0 Å². The first-order valence-corrected chi connectivity index (χ1v) is 7.76. The van der Waals surface area contributed by atoms with Crippen molar-refractivity contribution < 1.29 is 19.1 Å². The molecule has 0 aromatic heterocycles. The van der Waals surface area contributed by atoms with Crippen molar-refractivity contribution in [2.24, 2.45) is 0 Å². The lowest BCUT2D eigenvalue weighted by Crippen LogP contribution is -2.59. The molecule has 22 heavy (non-hydrogen) atoms. The second-order valence-corrected chi connectivity index (χ2v) is 7.10. The minimum atomic E-state index is -0.217. The Bertz CT molecular complexity index is 361. The Morgan fingerprint density at radius 1 is 0.773 bits per heavy atom. The fourth-order valence-corrected chi connectivity index (χ4v) is 2.99. The van der Waals surface area contributed by atoms with E-state index < -0.39 is 0 Å². The second kappa shape index (κ2) is 7.42. The average molecular weight is 314 g/mol. The van der Waals surface area contributed by atoms with E-state index in [1.807, 2.05) is 0 Å². The Balaban J connectivity index is 2.58. The van der Waals surface area contributed by atoms with Crippen LogP contribution in [0.4, 0.5) is 0 Å². The zero-order valence-corrected chi connectivity index (χ0v) is 14.8. The molecule has 1 fully saturated rings. The molecule has 6 nitrogen and oxygen atoms in total. The van der Waals surface area contributed by atoms with Gasteiger partial charge in [-0.2, -0.15) is 0 Å². The summed E-state index contributed by atoms with van der Waals surface area (Å²) in [7, 11) is 2.84. The molecule has 0 N–H and O–H groups in total. The Labute approximate surface area is 133 Å². The van der Waals surface area contributed by atoms with Crippen molar-refractivity contribution in [3.8, 4) is 0 Å². The molecule has 128 valence electrons. The van der Waals surface area contributed by atoms with Crippen molar-refractivity contribution in [1.29, 1.82) is 0 Å². The lowest BCUT2D eigenvalue weighted by Gasteiger charge is -2.48. The Hall–Kier alpha value is -1.14. The van der Waals surface area contributed by atoms with Crippen LogP contribution in [0.25, 0.3) is 0 Å². The van der Waals surface area contributed by atoms with Gasteiger partial charge in [0.2, 0.25) is 0 Å². The van der Waals surface area contributed by atoms with Crippen LogP contribution in [0.15, 0.2) is 0 Å². The number of carbonyl (C=O) groups is 2. The van der Waals surface area contributed by atoms with Crippen LogP contribution in [-0.4, -0.2) is 73.2 Å². The van der Waals surface area contributed by atoms with E-state index in [0.29, 0.717) is 12.8 Å². The first-order chi connectivity index (χ1) is 10.1. The quantitative estimate of drug-likeness (QED) is 0.689. The first kappa shape index (κ1) is 18.9. The van der Waals surface area contributed by atoms with Crippen molar-refractivity contribution in [1.82, 2.24) is 9.80 Å². The van der Waals surface area contributed by atoms with Crippen LogP contribution in [0.5, 0.6) is 0 Å². The SMILES string of the molecule is COC(=O)CC(C)(C)N1CCN(C(C)(C)CC(=O)OC)CC1. The largest absolute Gasteiger partial charge is 0.469 e. The van der Waals surface area contributed by atoms with Gasteiger partial charge in [0.1, 0.15) is 0 Å². The topological polar surface area (TPSA) is 59.1 Å². The van der Waals surface area contributed by atoms with Crippen LogP contribution < -0.4 is 0 Å². The Morgan fingerprint density at radius 2 is 1.05 bits per heavy atom. The van der Waals surface area contributed by atoms with E-state index in [1.54, 1.807) is 0 Å². The molecule has 0 atom stereocenters. The van der Waals surface area contributed by atoms with Gasteiger partial charge in [0.25, 0.3) is 0 Å². The van der Waals surface area contributed by atoms with E-state index in [1.165, 1.54) is 14.2 Å². The van der Waals surface area contributed by atoms with Gasteiger partial charge in [0, 0.05) is 37.3 Å². The maximum absolute atomic E-state index is 11.5. The minimum absolute atomic E-state index is 0.182. The Morgan fingerprint density at radius 3 is 1.27 bits per heavy atom. The van der Waals surface area contributed by atoms with Crippen LogP contribution in [0, 0.1) is 0 Å². The summed E-state index contributed by atoms with van der Waals surface area (Å²) in [6.07, 6.45) is 0.768. The molecule has 1 heterocycles. The highest BCUT2D eigenvalue weighted by molar-refractivity contribution is 5.71. The molecule has 0 aromatic carbocycles. The predicted octanol–water partition coefficient (Wildman–Crippen LogP) is 1.29. The summed E-state index contributed by atoms with van der Waals surface area (Å²) in [6, 6.07) is 0. The van der Waals surface area contributed by atoms with E-state index in [0.717, 1.165) is 26.2 Å². The third-order valence-electron chi connectivity index (χ3n) is 4.60. The molecular weight excluding hydrogens is 284 g/mol. The predicted molar refractivity (Wildman–Crippen MR) is 84.6 cm³/mol. The van der Waals surface area contributed by atoms with Gasteiger partial charge in [-0.3, -0.25) is 19.4 Å². The van der Waals surface area contributed by atoms with Gasteiger partial charge in [0.05, 0.1) is 27.1 Å². The number of piperazine rings is 1. The number of methoxy groups -OCH3 is 2. The molecule has 0 aliphatic carbocycles. The highest BCUT2D eigenvalue weighted by atomic mass is 16.5. The molecular formula is C16H30N2O4. The van der Waals surface area contributed by atoms with Crippen molar-refractivity contribution in [2.75, 3.05) is 40.4 Å².